The first-order valence-corrected chi connectivity index (χ1v) is 9.15. The first-order valence-electron chi connectivity index (χ1n) is 7.56. The van der Waals surface area contributed by atoms with Crippen molar-refractivity contribution >= 4 is 75.2 Å². The molecule has 1 heterocycles. The number of aliphatic hydroxyl groups is 1. The van der Waals surface area contributed by atoms with Crippen LogP contribution in [0, 0.1) is 0 Å². The zero-order valence-electron chi connectivity index (χ0n) is 13.6. The molecule has 27 heavy (non-hydrogen) atoms. The van der Waals surface area contributed by atoms with E-state index in [0.717, 1.165) is 0 Å². The Morgan fingerprint density at radius 2 is 1.56 bits per heavy atom. The van der Waals surface area contributed by atoms with E-state index in [4.69, 9.17) is 20.1 Å². The van der Waals surface area contributed by atoms with E-state index < -0.39 is 17.3 Å². The first-order chi connectivity index (χ1) is 12.7. The van der Waals surface area contributed by atoms with Gasteiger partial charge in [-0.1, -0.05) is 10.9 Å². The number of phenols is 3. The molecule has 0 saturated carbocycles. The van der Waals surface area contributed by atoms with E-state index in [2.05, 4.69) is 31.9 Å². The number of benzene rings is 2. The predicted octanol–water partition coefficient (Wildman–Crippen LogP) is 1.43. The van der Waals surface area contributed by atoms with Gasteiger partial charge in [-0.3, -0.25) is 4.79 Å². The van der Waals surface area contributed by atoms with Crippen molar-refractivity contribution in [3.63, 3.8) is 0 Å². The number of phenolic OH excluding ortho intramolecular Hbond substituents is 3. The summed E-state index contributed by atoms with van der Waals surface area (Å²) in [5.41, 5.74) is -0.689. The lowest BCUT2D eigenvalue weighted by atomic mass is 9.78. The highest BCUT2D eigenvalue weighted by atomic mass is 79.9. The zero-order chi connectivity index (χ0) is 20.0. The number of aromatic hydroxyl groups is 3. The van der Waals surface area contributed by atoms with Crippen LogP contribution in [-0.4, -0.2) is 48.5 Å². The Hall–Kier alpha value is -1.90. The molecule has 6 nitrogen and oxygen atoms in total. The fourth-order valence-electron chi connectivity index (χ4n) is 2.74. The number of aliphatic hydroxyl groups excluding tert-OH is 1. The summed E-state index contributed by atoms with van der Waals surface area (Å²) in [5, 5.41) is 39.7. The molecule has 0 unspecified atom stereocenters. The minimum atomic E-state index is -0.572. The van der Waals surface area contributed by atoms with Gasteiger partial charge in [0.05, 0.1) is 26.5 Å². The van der Waals surface area contributed by atoms with Crippen LogP contribution in [0.4, 0.5) is 0 Å². The van der Waals surface area contributed by atoms with Gasteiger partial charge in [-0.15, -0.1) is 0 Å². The second-order valence-corrected chi connectivity index (χ2v) is 7.43. The van der Waals surface area contributed by atoms with Gasteiger partial charge in [0.2, 0.25) is 0 Å². The molecule has 0 fully saturated rings. The fourth-order valence-corrected chi connectivity index (χ4v) is 3.93. The summed E-state index contributed by atoms with van der Waals surface area (Å²) in [6, 6.07) is 2.78. The highest BCUT2D eigenvalue weighted by Gasteiger charge is 2.28. The number of carbonyl (C=O) groups is 1. The van der Waals surface area contributed by atoms with E-state index in [1.165, 1.54) is 12.1 Å². The van der Waals surface area contributed by atoms with Gasteiger partial charge in [-0.2, -0.15) is 0 Å². The van der Waals surface area contributed by atoms with Crippen LogP contribution >= 0.6 is 31.9 Å². The standard InChI is InChI=1S/C17H10B2Br2O6/c18-11-12(19)16(26)17-10(15(11)25)9(8(27-17)1-2-22)13(23)5-3-6(20)14(24)7(21)4-5/h3-4,22,24-26H,1-2H2. The molecule has 3 rings (SSSR count). The van der Waals surface area contributed by atoms with Crippen LogP contribution in [0.2, 0.25) is 0 Å². The molecular weight excluding hydrogens is 482 g/mol. The topological polar surface area (TPSA) is 111 Å². The highest BCUT2D eigenvalue weighted by molar-refractivity contribution is 9.11. The first kappa shape index (κ1) is 19.9. The zero-order valence-corrected chi connectivity index (χ0v) is 16.8. The van der Waals surface area contributed by atoms with Gasteiger partial charge in [-0.25, -0.2) is 0 Å². The van der Waals surface area contributed by atoms with Gasteiger partial charge in [0, 0.05) is 12.0 Å². The minimum Gasteiger partial charge on any atom is -0.508 e. The summed E-state index contributed by atoms with van der Waals surface area (Å²) in [6.45, 7) is -0.338. The maximum atomic E-state index is 13.2. The van der Waals surface area contributed by atoms with Crippen molar-refractivity contribution in [2.24, 2.45) is 0 Å². The Balaban J connectivity index is 2.36. The molecule has 0 bridgehead atoms. The molecule has 1 aromatic heterocycles. The molecule has 0 atom stereocenters. The number of fused-ring (bicyclic) bond motifs is 1. The van der Waals surface area contributed by atoms with Gasteiger partial charge < -0.3 is 24.8 Å². The van der Waals surface area contributed by atoms with E-state index in [-0.39, 0.29) is 66.5 Å². The van der Waals surface area contributed by atoms with Crippen molar-refractivity contribution in [3.8, 4) is 17.2 Å². The van der Waals surface area contributed by atoms with Gasteiger partial charge >= 0.3 is 0 Å². The number of halogens is 2. The summed E-state index contributed by atoms with van der Waals surface area (Å²) in [7, 11) is 11.4. The normalized spacial score (nSPS) is 11.2. The number of carbonyl (C=O) groups excluding carboxylic acids is 1. The molecule has 3 aromatic rings. The van der Waals surface area contributed by atoms with Crippen LogP contribution in [0.5, 0.6) is 17.2 Å². The van der Waals surface area contributed by atoms with Crippen LogP contribution in [0.25, 0.3) is 11.0 Å². The highest BCUT2D eigenvalue weighted by Crippen LogP contribution is 2.39. The Morgan fingerprint density at radius 3 is 2.11 bits per heavy atom. The molecule has 0 aliphatic carbocycles. The molecule has 10 heteroatoms. The van der Waals surface area contributed by atoms with E-state index in [1.54, 1.807) is 0 Å². The average Bonchev–Trinajstić information content (AvgIpc) is 3.01. The van der Waals surface area contributed by atoms with Crippen molar-refractivity contribution in [1.29, 1.82) is 0 Å². The number of rotatable bonds is 4. The number of ketones is 1. The lowest BCUT2D eigenvalue weighted by Crippen LogP contribution is -2.26. The monoisotopic (exact) mass is 490 g/mol. The van der Waals surface area contributed by atoms with Crippen molar-refractivity contribution < 1.29 is 29.6 Å². The number of furan rings is 1. The van der Waals surface area contributed by atoms with Crippen LogP contribution in [0.15, 0.2) is 25.5 Å². The van der Waals surface area contributed by atoms with Crippen LogP contribution in [0.1, 0.15) is 21.7 Å². The Morgan fingerprint density at radius 1 is 1.00 bits per heavy atom. The summed E-state index contributed by atoms with van der Waals surface area (Å²) in [6.07, 6.45) is -0.0468. The van der Waals surface area contributed by atoms with Gasteiger partial charge in [-0.05, 0) is 44.0 Å². The lowest BCUT2D eigenvalue weighted by molar-refractivity contribution is 0.103. The van der Waals surface area contributed by atoms with E-state index in [1.807, 2.05) is 0 Å². The van der Waals surface area contributed by atoms with Gasteiger partial charge in [0.1, 0.15) is 33.0 Å². The van der Waals surface area contributed by atoms with E-state index in [9.17, 15) is 25.2 Å². The Bertz CT molecular complexity index is 1070. The average molecular weight is 492 g/mol. The predicted molar refractivity (Wildman–Crippen MR) is 108 cm³/mol. The van der Waals surface area contributed by atoms with Crippen LogP contribution in [-0.2, 0) is 6.42 Å². The summed E-state index contributed by atoms with van der Waals surface area (Å²) < 4.78 is 6.06. The summed E-state index contributed by atoms with van der Waals surface area (Å²) >= 11 is 6.31. The lowest BCUT2D eigenvalue weighted by Gasteiger charge is -2.10. The molecule has 0 saturated heterocycles. The van der Waals surface area contributed by atoms with Gasteiger partial charge in [0.15, 0.2) is 17.1 Å². The van der Waals surface area contributed by atoms with Crippen molar-refractivity contribution in [2.45, 2.75) is 6.42 Å². The maximum Gasteiger partial charge on any atom is 0.197 e. The third kappa shape index (κ3) is 3.15. The molecule has 0 amide bonds. The largest absolute Gasteiger partial charge is 0.508 e. The number of hydrogen-bond acceptors (Lipinski definition) is 6. The molecule has 0 spiro atoms. The fraction of sp³-hybridized carbons (Fsp3) is 0.118. The SMILES string of the molecule is [B]c1c([B])c(O)c2c(C(=O)c3cc(Br)c(O)c(Br)c3)c(CCO)oc2c1O. The van der Waals surface area contributed by atoms with Crippen molar-refractivity contribution in [1.82, 2.24) is 0 Å². The maximum absolute atomic E-state index is 13.2. The molecule has 134 valence electrons. The van der Waals surface area contributed by atoms with Crippen molar-refractivity contribution in [2.75, 3.05) is 6.61 Å². The molecular formula is C17H10B2Br2O6. The quantitative estimate of drug-likeness (QED) is 0.250. The Labute approximate surface area is 172 Å². The van der Waals surface area contributed by atoms with Gasteiger partial charge in [0.25, 0.3) is 0 Å². The van der Waals surface area contributed by atoms with E-state index >= 15 is 0 Å². The molecule has 0 aliphatic rings. The van der Waals surface area contributed by atoms with Crippen LogP contribution < -0.4 is 10.9 Å². The second kappa shape index (κ2) is 7.26. The molecule has 4 radical (unpaired) electrons. The number of hydrogen-bond donors (Lipinski definition) is 4. The second-order valence-electron chi connectivity index (χ2n) is 5.72. The van der Waals surface area contributed by atoms with E-state index in [0.29, 0.717) is 0 Å². The molecule has 0 aliphatic heterocycles. The molecule has 4 N–H and O–H groups in total. The van der Waals surface area contributed by atoms with Crippen molar-refractivity contribution in [3.05, 3.63) is 38.0 Å². The molecule has 2 aromatic carbocycles. The summed E-state index contributed by atoms with van der Waals surface area (Å²) in [4.78, 5) is 13.2. The third-order valence-electron chi connectivity index (χ3n) is 4.08. The third-order valence-corrected chi connectivity index (χ3v) is 5.29. The smallest absolute Gasteiger partial charge is 0.197 e. The minimum absolute atomic E-state index is 0.0468. The summed E-state index contributed by atoms with van der Waals surface area (Å²) in [5.74, 6) is -1.62. The van der Waals surface area contributed by atoms with Crippen LogP contribution in [0.3, 0.4) is 0 Å². The Kier molecular flexibility index (Phi) is 5.33.